The van der Waals surface area contributed by atoms with Crippen LogP contribution in [0.1, 0.15) is 53.0 Å². The van der Waals surface area contributed by atoms with Gasteiger partial charge in [0.05, 0.1) is 23.5 Å². The van der Waals surface area contributed by atoms with E-state index in [9.17, 15) is 23.1 Å². The molecule has 0 spiro atoms. The molecule has 1 aromatic carbocycles. The van der Waals surface area contributed by atoms with Crippen molar-refractivity contribution in [2.75, 3.05) is 12.4 Å². The molecule has 0 saturated heterocycles. The molecule has 2 N–H and O–H groups in total. The fourth-order valence-corrected chi connectivity index (χ4v) is 3.95. The number of rotatable bonds is 10. The quantitative estimate of drug-likeness (QED) is 0.442. The molecule has 0 bridgehead atoms. The van der Waals surface area contributed by atoms with Gasteiger partial charge in [-0.2, -0.15) is 0 Å². The lowest BCUT2D eigenvalue weighted by molar-refractivity contribution is 0.0696. The summed E-state index contributed by atoms with van der Waals surface area (Å²) in [4.78, 5) is 26.1. The smallest absolute Gasteiger partial charge is 0.337 e. The molecule has 0 saturated carbocycles. The first-order valence-electron chi connectivity index (χ1n) is 9.08. The van der Waals surface area contributed by atoms with E-state index in [2.05, 4.69) is 4.98 Å². The number of Topliss-reactive ketones (excluding diaryl/α,β-unsaturated/α-hetero) is 1. The fourth-order valence-electron chi connectivity index (χ4n) is 2.76. The molecule has 0 aliphatic carbocycles. The van der Waals surface area contributed by atoms with Crippen LogP contribution in [0, 0.1) is 0 Å². The number of ether oxygens (including phenoxy) is 1. The van der Waals surface area contributed by atoms with E-state index in [1.807, 2.05) is 6.92 Å². The maximum absolute atomic E-state index is 12.3. The van der Waals surface area contributed by atoms with E-state index in [0.717, 1.165) is 18.7 Å². The normalized spacial score (nSPS) is 11.2. The zero-order valence-corrected chi connectivity index (χ0v) is 17.0. The van der Waals surface area contributed by atoms with Gasteiger partial charge in [0.1, 0.15) is 11.5 Å². The highest BCUT2D eigenvalue weighted by molar-refractivity contribution is 7.91. The number of pyridine rings is 1. The van der Waals surface area contributed by atoms with Crippen molar-refractivity contribution < 1.29 is 33.0 Å². The van der Waals surface area contributed by atoms with E-state index in [0.29, 0.717) is 17.7 Å². The van der Waals surface area contributed by atoms with Gasteiger partial charge in [-0.3, -0.25) is 4.79 Å². The molecular weight excluding hydrogens is 398 g/mol. The number of carboxylic acid groups (broad SMARTS) is 1. The highest BCUT2D eigenvalue weighted by Crippen LogP contribution is 2.33. The van der Waals surface area contributed by atoms with Crippen LogP contribution in [0.5, 0.6) is 11.5 Å². The number of aromatic nitrogens is 1. The number of hydrogen-bond acceptors (Lipinski definition) is 7. The van der Waals surface area contributed by atoms with Crippen LogP contribution in [0.3, 0.4) is 0 Å². The summed E-state index contributed by atoms with van der Waals surface area (Å²) in [7, 11) is -3.68. The number of carbonyl (C=O) groups is 2. The largest absolute Gasteiger partial charge is 0.507 e. The lowest BCUT2D eigenvalue weighted by Crippen LogP contribution is -2.13. The molecule has 29 heavy (non-hydrogen) atoms. The van der Waals surface area contributed by atoms with Gasteiger partial charge < -0.3 is 14.9 Å². The van der Waals surface area contributed by atoms with Crippen molar-refractivity contribution in [1.29, 1.82) is 0 Å². The lowest BCUT2D eigenvalue weighted by atomic mass is 10.0. The summed E-state index contributed by atoms with van der Waals surface area (Å²) < 4.78 is 30.3. The van der Waals surface area contributed by atoms with Crippen molar-refractivity contribution in [1.82, 2.24) is 4.98 Å². The number of carbonyl (C=O) groups excluding carboxylic acids is 1. The topological polar surface area (TPSA) is 131 Å². The van der Waals surface area contributed by atoms with Crippen molar-refractivity contribution in [3.8, 4) is 11.5 Å². The Labute approximate surface area is 169 Å². The maximum Gasteiger partial charge on any atom is 0.337 e. The number of phenolic OH excluding ortho intramolecular Hbond substituents is 1. The van der Waals surface area contributed by atoms with E-state index in [1.165, 1.54) is 19.1 Å². The van der Waals surface area contributed by atoms with Gasteiger partial charge >= 0.3 is 5.97 Å². The van der Waals surface area contributed by atoms with Crippen LogP contribution in [0.25, 0.3) is 0 Å². The van der Waals surface area contributed by atoms with Gasteiger partial charge in [0.15, 0.2) is 20.6 Å². The minimum absolute atomic E-state index is 0.0853. The summed E-state index contributed by atoms with van der Waals surface area (Å²) in [6.07, 6.45) is 2.42. The van der Waals surface area contributed by atoms with Crippen molar-refractivity contribution in [2.24, 2.45) is 0 Å². The monoisotopic (exact) mass is 421 g/mol. The Morgan fingerprint density at radius 3 is 2.45 bits per heavy atom. The summed E-state index contributed by atoms with van der Waals surface area (Å²) in [5.74, 6) is -1.36. The molecule has 0 unspecified atom stereocenters. The van der Waals surface area contributed by atoms with E-state index < -0.39 is 15.8 Å². The summed E-state index contributed by atoms with van der Waals surface area (Å²) in [5, 5.41) is 19.0. The Bertz CT molecular complexity index is 998. The number of hydrogen-bond donors (Lipinski definition) is 2. The minimum Gasteiger partial charge on any atom is -0.507 e. The number of benzene rings is 1. The van der Waals surface area contributed by atoms with E-state index in [1.54, 1.807) is 6.07 Å². The second-order valence-corrected chi connectivity index (χ2v) is 8.51. The van der Waals surface area contributed by atoms with E-state index >= 15 is 0 Å². The van der Waals surface area contributed by atoms with Crippen LogP contribution < -0.4 is 4.74 Å². The van der Waals surface area contributed by atoms with Crippen LogP contribution in [-0.2, 0) is 16.3 Å². The Hall–Kier alpha value is -2.94. The van der Waals surface area contributed by atoms with E-state index in [4.69, 9.17) is 9.84 Å². The van der Waals surface area contributed by atoms with Crippen molar-refractivity contribution >= 4 is 21.6 Å². The number of aromatic carboxylic acids is 1. The second-order valence-electron chi connectivity index (χ2n) is 6.46. The minimum atomic E-state index is -3.68. The highest BCUT2D eigenvalue weighted by atomic mass is 32.2. The number of phenols is 1. The molecule has 0 radical (unpaired) electrons. The summed E-state index contributed by atoms with van der Waals surface area (Å²) in [6.45, 7) is 3.38. The number of carboxylic acids is 1. The van der Waals surface area contributed by atoms with Crippen molar-refractivity contribution in [2.45, 2.75) is 38.1 Å². The molecule has 0 atom stereocenters. The Balaban J connectivity index is 2.03. The molecule has 0 aliphatic heterocycles. The summed E-state index contributed by atoms with van der Waals surface area (Å²) in [6, 6.07) is 5.44. The third-order valence-corrected chi connectivity index (χ3v) is 5.94. The van der Waals surface area contributed by atoms with Crippen LogP contribution in [0.15, 0.2) is 35.5 Å². The summed E-state index contributed by atoms with van der Waals surface area (Å²) in [5.41, 5.74) is 0.651. The van der Waals surface area contributed by atoms with Gasteiger partial charge in [0, 0.05) is 11.8 Å². The van der Waals surface area contributed by atoms with Gasteiger partial charge in [-0.1, -0.05) is 13.3 Å². The molecule has 156 valence electrons. The second kappa shape index (κ2) is 9.51. The van der Waals surface area contributed by atoms with Gasteiger partial charge in [0.2, 0.25) is 0 Å². The van der Waals surface area contributed by atoms with Gasteiger partial charge in [-0.15, -0.1) is 0 Å². The van der Waals surface area contributed by atoms with Gasteiger partial charge in [0.25, 0.3) is 0 Å². The Kier molecular flexibility index (Phi) is 7.33. The molecular formula is C20H23NO7S. The summed E-state index contributed by atoms with van der Waals surface area (Å²) >= 11 is 0. The third kappa shape index (κ3) is 5.54. The molecule has 1 aromatic heterocycles. The first kappa shape index (κ1) is 22.4. The number of sulfone groups is 1. The van der Waals surface area contributed by atoms with Crippen LogP contribution >= 0.6 is 0 Å². The first-order valence-corrected chi connectivity index (χ1v) is 10.7. The molecule has 2 rings (SSSR count). The Morgan fingerprint density at radius 1 is 1.17 bits per heavy atom. The van der Waals surface area contributed by atoms with Gasteiger partial charge in [-0.25, -0.2) is 18.2 Å². The predicted octanol–water partition coefficient (Wildman–Crippen LogP) is 2.88. The van der Waals surface area contributed by atoms with Crippen molar-refractivity contribution in [3.63, 3.8) is 0 Å². The van der Waals surface area contributed by atoms with E-state index in [-0.39, 0.29) is 46.5 Å². The number of nitrogens with zero attached hydrogens (tertiary/aromatic N) is 1. The predicted molar refractivity (Wildman–Crippen MR) is 105 cm³/mol. The average Bonchev–Trinajstić information content (AvgIpc) is 2.67. The molecule has 9 heteroatoms. The molecule has 8 nitrogen and oxygen atoms in total. The zero-order valence-electron chi connectivity index (χ0n) is 16.2. The third-order valence-electron chi connectivity index (χ3n) is 4.24. The highest BCUT2D eigenvalue weighted by Gasteiger charge is 2.18. The average molecular weight is 421 g/mol. The molecule has 0 fully saturated rings. The first-order chi connectivity index (χ1) is 13.7. The zero-order chi connectivity index (χ0) is 21.6. The molecule has 1 heterocycles. The molecule has 0 amide bonds. The van der Waals surface area contributed by atoms with Crippen LogP contribution in [0.2, 0.25) is 0 Å². The Morgan fingerprint density at radius 2 is 1.90 bits per heavy atom. The number of aromatic hydroxyl groups is 1. The molecule has 2 aromatic rings. The maximum atomic E-state index is 12.3. The van der Waals surface area contributed by atoms with Crippen molar-refractivity contribution in [3.05, 3.63) is 47.2 Å². The van der Waals surface area contributed by atoms with Crippen LogP contribution in [0.4, 0.5) is 0 Å². The number of ketones is 1. The van der Waals surface area contributed by atoms with Crippen LogP contribution in [-0.4, -0.2) is 47.7 Å². The molecule has 0 aliphatic rings. The van der Waals surface area contributed by atoms with Gasteiger partial charge in [-0.05, 0) is 44.0 Å². The standard InChI is InChI=1S/C20H23NO7S/c1-3-5-16-17(8-7-15(13(2)22)19(16)23)28-10-4-11-29(26,27)18-9-6-14(12-21-18)20(24)25/h6-9,12,23H,3-5,10-11H2,1-2H3,(H,24,25). The SMILES string of the molecule is CCCc1c(OCCCS(=O)(=O)c2ccc(C(=O)O)cn2)ccc(C(C)=O)c1O. The fraction of sp³-hybridized carbons (Fsp3) is 0.350. The lowest BCUT2D eigenvalue weighted by Gasteiger charge is -2.14.